The van der Waals surface area contributed by atoms with Gasteiger partial charge < -0.3 is 11.1 Å². The highest BCUT2D eigenvalue weighted by Crippen LogP contribution is 2.21. The summed E-state index contributed by atoms with van der Waals surface area (Å²) in [6.45, 7) is 33.2. The fourth-order valence-electron chi connectivity index (χ4n) is 2.92. The number of nitrogens with one attached hydrogen (secondary N) is 3. The van der Waals surface area contributed by atoms with Gasteiger partial charge in [-0.05, 0) is 58.1 Å². The minimum Gasteiger partial charge on any atom is -0.386 e. The lowest BCUT2D eigenvalue weighted by molar-refractivity contribution is 0.639. The Morgan fingerprint density at radius 2 is 1.80 bits per heavy atom. The first kappa shape index (κ1) is 44.1. The number of hydrogen-bond acceptors (Lipinski definition) is 7. The second-order valence-electron chi connectivity index (χ2n) is 9.34. The largest absolute Gasteiger partial charge is 0.386 e. The van der Waals surface area contributed by atoms with Crippen LogP contribution in [0.4, 0.5) is 10.1 Å². The highest BCUT2D eigenvalue weighted by Gasteiger charge is 2.11. The Labute approximate surface area is 266 Å². The van der Waals surface area contributed by atoms with E-state index in [4.69, 9.17) is 5.73 Å². The van der Waals surface area contributed by atoms with Crippen LogP contribution in [0, 0.1) is 18.8 Å². The third-order valence-electron chi connectivity index (χ3n) is 5.31. The van der Waals surface area contributed by atoms with Crippen molar-refractivity contribution in [3.05, 3.63) is 97.6 Å². The first-order chi connectivity index (χ1) is 20.9. The predicted octanol–water partition coefficient (Wildman–Crippen LogP) is 8.97. The molecule has 0 aliphatic rings. The number of amidine groups is 1. The molecule has 0 radical (unpaired) electrons. The van der Waals surface area contributed by atoms with Gasteiger partial charge in [0.1, 0.15) is 29.4 Å². The molecule has 5 N–H and O–H groups in total. The third kappa shape index (κ3) is 22.3. The second-order valence-corrected chi connectivity index (χ2v) is 9.34. The molecule has 1 rings (SSSR count). The van der Waals surface area contributed by atoms with Crippen molar-refractivity contribution in [3.8, 4) is 0 Å². The highest BCUT2D eigenvalue weighted by molar-refractivity contribution is 5.79. The Morgan fingerprint density at radius 3 is 2.25 bits per heavy atom. The molecule has 44 heavy (non-hydrogen) atoms. The predicted molar refractivity (Wildman–Crippen MR) is 191 cm³/mol. The summed E-state index contributed by atoms with van der Waals surface area (Å²) in [6.07, 6.45) is 13.8. The molecule has 9 nitrogen and oxygen atoms in total. The lowest BCUT2D eigenvalue weighted by Gasteiger charge is -2.13. The van der Waals surface area contributed by atoms with Crippen molar-refractivity contribution >= 4 is 17.2 Å². The maximum absolute atomic E-state index is 13.5. The average Bonchev–Trinajstić information content (AvgIpc) is 3.00. The third-order valence-corrected chi connectivity index (χ3v) is 5.31. The van der Waals surface area contributed by atoms with Gasteiger partial charge >= 0.3 is 0 Å². The van der Waals surface area contributed by atoms with Gasteiger partial charge in [0.15, 0.2) is 0 Å². The van der Waals surface area contributed by atoms with Crippen LogP contribution in [-0.2, 0) is 0 Å². The van der Waals surface area contributed by atoms with Gasteiger partial charge in [-0.1, -0.05) is 90.0 Å². The molecule has 0 spiro atoms. The first-order valence-corrected chi connectivity index (χ1v) is 14.8. The molecular formula is C34H58FN9. The Morgan fingerprint density at radius 1 is 1.16 bits per heavy atom. The number of hydrogen-bond donors (Lipinski definition) is 4. The molecule has 1 atom stereocenters. The normalized spacial score (nSPS) is 12.1. The van der Waals surface area contributed by atoms with Crippen LogP contribution in [0.1, 0.15) is 79.6 Å². The van der Waals surface area contributed by atoms with Crippen molar-refractivity contribution in [2.24, 2.45) is 33.0 Å². The molecule has 0 aliphatic heterocycles. The molecule has 0 aliphatic carbocycles. The van der Waals surface area contributed by atoms with Crippen LogP contribution >= 0.6 is 0 Å². The first-order valence-electron chi connectivity index (χ1n) is 14.8. The summed E-state index contributed by atoms with van der Waals surface area (Å²) >= 11 is 0. The van der Waals surface area contributed by atoms with E-state index < -0.39 is 0 Å². The Bertz CT molecular complexity index is 1130. The Kier molecular flexibility index (Phi) is 28.8. The van der Waals surface area contributed by atoms with E-state index >= 15 is 0 Å². The SMILES string of the molecule is C/C=C/C(C)C.C=C/C(C)=C(F)\C=C/CCNC(=C)c1ncnc(C)c1N/N=C(\C)N.C=CC(CC)C(=C)NN=NC.CC. The van der Waals surface area contributed by atoms with Gasteiger partial charge in [0, 0.05) is 18.2 Å². The number of allylic oxidation sites excluding steroid dienone is 7. The number of aryl methyl sites for hydroxylation is 1. The molecule has 0 fully saturated rings. The van der Waals surface area contributed by atoms with Gasteiger partial charge in [-0.3, -0.25) is 10.9 Å². The number of halogens is 1. The van der Waals surface area contributed by atoms with Gasteiger partial charge in [0.2, 0.25) is 0 Å². The molecule has 1 heterocycles. The maximum atomic E-state index is 13.5. The summed E-state index contributed by atoms with van der Waals surface area (Å²) in [6, 6.07) is 0. The fraction of sp³-hybridized carbons (Fsp3) is 0.441. The van der Waals surface area contributed by atoms with E-state index in [0.29, 0.717) is 41.5 Å². The van der Waals surface area contributed by atoms with Crippen molar-refractivity contribution in [2.75, 3.05) is 19.0 Å². The number of nitrogens with zero attached hydrogens (tertiary/aromatic N) is 5. The molecule has 1 unspecified atom stereocenters. The molecular weight excluding hydrogens is 553 g/mol. The van der Waals surface area contributed by atoms with E-state index in [9.17, 15) is 4.39 Å². The highest BCUT2D eigenvalue weighted by atomic mass is 19.1. The zero-order valence-corrected chi connectivity index (χ0v) is 28.8. The van der Waals surface area contributed by atoms with E-state index in [1.807, 2.05) is 33.8 Å². The topological polar surface area (TPSA) is 125 Å². The number of rotatable bonds is 15. The molecule has 0 saturated carbocycles. The summed E-state index contributed by atoms with van der Waals surface area (Å²) in [4.78, 5) is 8.37. The van der Waals surface area contributed by atoms with Crippen LogP contribution in [0.3, 0.4) is 0 Å². The average molecular weight is 612 g/mol. The molecule has 0 bridgehead atoms. The van der Waals surface area contributed by atoms with Crippen molar-refractivity contribution in [2.45, 2.75) is 75.2 Å². The summed E-state index contributed by atoms with van der Waals surface area (Å²) < 4.78 is 13.5. The van der Waals surface area contributed by atoms with E-state index in [1.54, 1.807) is 27.0 Å². The van der Waals surface area contributed by atoms with Crippen LogP contribution < -0.4 is 21.9 Å². The number of nitrogens with two attached hydrogens (primary N) is 1. The molecule has 0 aromatic carbocycles. The summed E-state index contributed by atoms with van der Waals surface area (Å²) in [5.41, 5.74) is 15.1. The van der Waals surface area contributed by atoms with Gasteiger partial charge in [-0.15, -0.1) is 6.58 Å². The summed E-state index contributed by atoms with van der Waals surface area (Å²) in [7, 11) is 1.61. The summed E-state index contributed by atoms with van der Waals surface area (Å²) in [5.74, 6) is 1.10. The van der Waals surface area contributed by atoms with E-state index in [0.717, 1.165) is 23.7 Å². The second kappa shape index (κ2) is 28.8. The molecule has 10 heteroatoms. The molecule has 246 valence electrons. The lowest BCUT2D eigenvalue weighted by atomic mass is 10.0. The fourth-order valence-corrected chi connectivity index (χ4v) is 2.92. The standard InChI is InChI=1S/C18H25FN6.C8H15N3.C6H12.C2H6/c1-6-12(2)16(19)9-7-8-10-21-13(3)17-18(25-24-15(5)20)14(4)22-11-23-17;1-5-8(6-2)7(3)10-11-9-4;1-4-5-6(2)3;1-2/h6-7,9,11,21,25H,1,3,8,10H2,2,4-5H3,(H2,20,24);5,8H,1,3,6H2,2,4H3,(H,9,10);4-6H,1-3H3;1-2H3/b9-7-,16-12+;;5-4+;. The van der Waals surface area contributed by atoms with Crippen molar-refractivity contribution in [3.63, 3.8) is 0 Å². The van der Waals surface area contributed by atoms with Crippen LogP contribution in [0.5, 0.6) is 0 Å². The number of hydrazone groups is 1. The van der Waals surface area contributed by atoms with Gasteiger partial charge in [-0.25, -0.2) is 14.4 Å². The number of anilines is 1. The molecule has 1 aromatic rings. The van der Waals surface area contributed by atoms with Crippen molar-refractivity contribution in [1.29, 1.82) is 0 Å². The maximum Gasteiger partial charge on any atom is 0.125 e. The summed E-state index contributed by atoms with van der Waals surface area (Å²) in [5, 5.41) is 14.3. The molecule has 1 aromatic heterocycles. The van der Waals surface area contributed by atoms with Crippen LogP contribution in [-0.4, -0.2) is 29.4 Å². The minimum absolute atomic E-state index is 0.278. The van der Waals surface area contributed by atoms with E-state index in [2.05, 4.69) is 101 Å². The minimum atomic E-state index is -0.290. The zero-order valence-electron chi connectivity index (χ0n) is 28.8. The Balaban J connectivity index is -0.000000727. The smallest absolute Gasteiger partial charge is 0.125 e. The van der Waals surface area contributed by atoms with Crippen LogP contribution in [0.15, 0.2) is 102 Å². The van der Waals surface area contributed by atoms with Gasteiger partial charge in [0.05, 0.1) is 18.4 Å². The Hall–Kier alpha value is -4.34. The molecule has 0 amide bonds. The van der Waals surface area contributed by atoms with Gasteiger partial charge in [0.25, 0.3) is 0 Å². The van der Waals surface area contributed by atoms with Crippen molar-refractivity contribution in [1.82, 2.24) is 20.7 Å². The van der Waals surface area contributed by atoms with Crippen LogP contribution in [0.2, 0.25) is 0 Å². The van der Waals surface area contributed by atoms with Crippen LogP contribution in [0.25, 0.3) is 5.70 Å². The van der Waals surface area contributed by atoms with E-state index in [-0.39, 0.29) is 11.7 Å². The zero-order chi connectivity index (χ0) is 34.5. The van der Waals surface area contributed by atoms with Crippen molar-refractivity contribution < 1.29 is 4.39 Å². The lowest BCUT2D eigenvalue weighted by Crippen LogP contribution is -2.16. The van der Waals surface area contributed by atoms with Gasteiger partial charge in [-0.2, -0.15) is 10.2 Å². The number of aromatic nitrogens is 2. The molecule has 0 saturated heterocycles. The quantitative estimate of drug-likeness (QED) is 0.0298. The monoisotopic (exact) mass is 611 g/mol. The van der Waals surface area contributed by atoms with E-state index in [1.165, 1.54) is 18.5 Å².